The Morgan fingerprint density at radius 3 is 1.29 bits per heavy atom. The first kappa shape index (κ1) is 39.9. The van der Waals surface area contributed by atoms with Crippen LogP contribution in [-0.2, 0) is 19.1 Å². The van der Waals surface area contributed by atoms with Gasteiger partial charge in [-0.25, -0.2) is 0 Å². The molecule has 0 saturated carbocycles. The van der Waals surface area contributed by atoms with Crippen LogP contribution in [0.15, 0.2) is 0 Å². The van der Waals surface area contributed by atoms with Crippen molar-refractivity contribution in [3.05, 3.63) is 0 Å². The van der Waals surface area contributed by atoms with E-state index in [0.717, 1.165) is 38.0 Å². The summed E-state index contributed by atoms with van der Waals surface area (Å²) < 4.78 is 10.6. The van der Waals surface area contributed by atoms with Crippen LogP contribution in [0, 0.1) is 5.92 Å². The molecule has 0 saturated heterocycles. The van der Waals surface area contributed by atoms with Gasteiger partial charge >= 0.3 is 11.9 Å². The van der Waals surface area contributed by atoms with Gasteiger partial charge in [-0.2, -0.15) is 0 Å². The largest absolute Gasteiger partial charge is 0.462 e. The summed E-state index contributed by atoms with van der Waals surface area (Å²) in [5.41, 5.74) is 0. The average Bonchev–Trinajstić information content (AvgIpc) is 2.95. The Bertz CT molecular complexity index is 562. The molecule has 0 amide bonds. The normalized spacial score (nSPS) is 12.1. The first-order chi connectivity index (χ1) is 20.0. The monoisotopic (exact) mass is 583 g/mol. The summed E-state index contributed by atoms with van der Waals surface area (Å²) in [5.74, 6) is 0.224. The number of carbonyl (C=O) groups excluding carboxylic acids is 2. The molecule has 41 heavy (non-hydrogen) atoms. The molecule has 0 aliphatic rings. The molecule has 0 bridgehead atoms. The van der Waals surface area contributed by atoms with Crippen LogP contribution in [0.25, 0.3) is 0 Å². The third-order valence-electron chi connectivity index (χ3n) is 8.08. The maximum atomic E-state index is 12.1. The van der Waals surface area contributed by atoms with Crippen LogP contribution < -0.4 is 0 Å². The molecule has 0 aliphatic carbocycles. The zero-order chi connectivity index (χ0) is 30.2. The number of unbranched alkanes of at least 4 members (excludes halogenated alkanes) is 22. The second-order valence-electron chi connectivity index (χ2n) is 12.8. The van der Waals surface area contributed by atoms with Crippen LogP contribution in [0.3, 0.4) is 0 Å². The van der Waals surface area contributed by atoms with Crippen molar-refractivity contribution < 1.29 is 24.2 Å². The molecular formula is C36H70O5. The number of aliphatic hydroxyl groups is 1. The summed E-state index contributed by atoms with van der Waals surface area (Å²) >= 11 is 0. The minimum Gasteiger partial charge on any atom is -0.462 e. The molecule has 0 unspecified atom stereocenters. The highest BCUT2D eigenvalue weighted by molar-refractivity contribution is 5.70. The fourth-order valence-corrected chi connectivity index (χ4v) is 5.33. The van der Waals surface area contributed by atoms with Gasteiger partial charge in [-0.1, -0.05) is 168 Å². The van der Waals surface area contributed by atoms with Crippen molar-refractivity contribution in [2.45, 2.75) is 200 Å². The first-order valence-electron chi connectivity index (χ1n) is 18.0. The van der Waals surface area contributed by atoms with E-state index in [4.69, 9.17) is 9.47 Å². The van der Waals surface area contributed by atoms with Crippen molar-refractivity contribution in [1.82, 2.24) is 0 Å². The Labute approximate surface area is 255 Å². The molecule has 1 N–H and O–H groups in total. The van der Waals surface area contributed by atoms with Crippen molar-refractivity contribution in [2.24, 2.45) is 5.92 Å². The second-order valence-corrected chi connectivity index (χ2v) is 12.8. The fraction of sp³-hybridized carbons (Fsp3) is 0.944. The van der Waals surface area contributed by atoms with Gasteiger partial charge in [-0.3, -0.25) is 9.59 Å². The van der Waals surface area contributed by atoms with Crippen LogP contribution >= 0.6 is 0 Å². The zero-order valence-electron chi connectivity index (χ0n) is 27.7. The van der Waals surface area contributed by atoms with Crippen LogP contribution in [0.1, 0.15) is 194 Å². The molecule has 0 rings (SSSR count). The lowest BCUT2D eigenvalue weighted by molar-refractivity contribution is -0.161. The van der Waals surface area contributed by atoms with Gasteiger partial charge in [0.15, 0.2) is 6.10 Å². The highest BCUT2D eigenvalue weighted by Crippen LogP contribution is 2.15. The molecule has 0 aliphatic heterocycles. The minimum atomic E-state index is -0.761. The average molecular weight is 583 g/mol. The van der Waals surface area contributed by atoms with E-state index in [1.807, 2.05) is 0 Å². The highest BCUT2D eigenvalue weighted by atomic mass is 16.6. The number of carbonyl (C=O) groups is 2. The highest BCUT2D eigenvalue weighted by Gasteiger charge is 2.16. The maximum absolute atomic E-state index is 12.1. The molecule has 0 aromatic carbocycles. The molecule has 0 radical (unpaired) electrons. The lowest BCUT2D eigenvalue weighted by Gasteiger charge is -2.15. The van der Waals surface area contributed by atoms with E-state index in [-0.39, 0.29) is 25.2 Å². The Kier molecular flexibility index (Phi) is 31.0. The summed E-state index contributed by atoms with van der Waals surface area (Å²) in [7, 11) is 0. The van der Waals surface area contributed by atoms with Gasteiger partial charge in [0, 0.05) is 12.8 Å². The third kappa shape index (κ3) is 31.7. The standard InChI is InChI=1S/C36H70O5/c1-4-5-6-7-8-9-10-11-12-13-14-15-16-20-23-26-29-35(38)40-32-34(31-37)41-36(39)30-27-24-21-18-17-19-22-25-28-33(2)3/h33-34,37H,4-32H2,1-3H3/t34-/m0/s1. The molecule has 244 valence electrons. The van der Waals surface area contributed by atoms with Gasteiger partial charge in [0.25, 0.3) is 0 Å². The van der Waals surface area contributed by atoms with Gasteiger partial charge in [-0.15, -0.1) is 0 Å². The van der Waals surface area contributed by atoms with Crippen molar-refractivity contribution >= 4 is 11.9 Å². The predicted molar refractivity (Wildman–Crippen MR) is 173 cm³/mol. The third-order valence-corrected chi connectivity index (χ3v) is 8.08. The summed E-state index contributed by atoms with van der Waals surface area (Å²) in [5, 5.41) is 9.50. The molecule has 0 aromatic heterocycles. The number of hydrogen-bond donors (Lipinski definition) is 1. The van der Waals surface area contributed by atoms with E-state index in [1.165, 1.54) is 128 Å². The number of rotatable bonds is 32. The summed E-state index contributed by atoms with van der Waals surface area (Å²) in [4.78, 5) is 24.1. The lowest BCUT2D eigenvalue weighted by Crippen LogP contribution is -2.28. The van der Waals surface area contributed by atoms with E-state index in [9.17, 15) is 14.7 Å². The van der Waals surface area contributed by atoms with Gasteiger partial charge in [0.05, 0.1) is 6.61 Å². The van der Waals surface area contributed by atoms with E-state index in [0.29, 0.717) is 12.8 Å². The van der Waals surface area contributed by atoms with Gasteiger partial charge in [0.1, 0.15) is 6.61 Å². The first-order valence-corrected chi connectivity index (χ1v) is 18.0. The van der Waals surface area contributed by atoms with Crippen molar-refractivity contribution in [3.8, 4) is 0 Å². The molecule has 0 aromatic rings. The van der Waals surface area contributed by atoms with Crippen LogP contribution in [0.5, 0.6) is 0 Å². The summed E-state index contributed by atoms with van der Waals surface area (Å²) in [6.45, 7) is 6.45. The predicted octanol–water partition coefficient (Wildman–Crippen LogP) is 10.6. The smallest absolute Gasteiger partial charge is 0.306 e. The van der Waals surface area contributed by atoms with E-state index in [1.54, 1.807) is 0 Å². The molecule has 0 spiro atoms. The van der Waals surface area contributed by atoms with Gasteiger partial charge in [-0.05, 0) is 18.8 Å². The van der Waals surface area contributed by atoms with E-state index in [2.05, 4.69) is 20.8 Å². The number of aliphatic hydroxyl groups excluding tert-OH is 1. The molecule has 0 heterocycles. The molecule has 1 atom stereocenters. The summed E-state index contributed by atoms with van der Waals surface area (Å²) in [6, 6.07) is 0. The number of ether oxygens (including phenoxy) is 2. The van der Waals surface area contributed by atoms with Gasteiger partial charge in [0.2, 0.25) is 0 Å². The molecule has 0 fully saturated rings. The van der Waals surface area contributed by atoms with Crippen LogP contribution in [-0.4, -0.2) is 36.4 Å². The van der Waals surface area contributed by atoms with Crippen LogP contribution in [0.4, 0.5) is 0 Å². The Morgan fingerprint density at radius 2 is 0.902 bits per heavy atom. The summed E-state index contributed by atoms with van der Waals surface area (Å²) in [6.07, 6.45) is 31.6. The fourth-order valence-electron chi connectivity index (χ4n) is 5.33. The topological polar surface area (TPSA) is 72.8 Å². The number of esters is 2. The van der Waals surface area contributed by atoms with Gasteiger partial charge < -0.3 is 14.6 Å². The quantitative estimate of drug-likeness (QED) is 0.0631. The zero-order valence-corrected chi connectivity index (χ0v) is 27.7. The molecule has 5 nitrogen and oxygen atoms in total. The Morgan fingerprint density at radius 1 is 0.537 bits per heavy atom. The minimum absolute atomic E-state index is 0.0588. The Balaban J connectivity index is 3.51. The van der Waals surface area contributed by atoms with Crippen molar-refractivity contribution in [2.75, 3.05) is 13.2 Å². The maximum Gasteiger partial charge on any atom is 0.306 e. The second kappa shape index (κ2) is 31.8. The lowest BCUT2D eigenvalue weighted by atomic mass is 10.0. The van der Waals surface area contributed by atoms with Crippen molar-refractivity contribution in [3.63, 3.8) is 0 Å². The van der Waals surface area contributed by atoms with Crippen molar-refractivity contribution in [1.29, 1.82) is 0 Å². The SMILES string of the molecule is CCCCCCCCCCCCCCCCCCC(=O)OC[C@H](CO)OC(=O)CCCCCCCCCCC(C)C. The molecular weight excluding hydrogens is 512 g/mol. The van der Waals surface area contributed by atoms with E-state index < -0.39 is 6.10 Å². The Hall–Kier alpha value is -1.10. The molecule has 5 heteroatoms. The van der Waals surface area contributed by atoms with E-state index >= 15 is 0 Å². The van der Waals surface area contributed by atoms with Crippen LogP contribution in [0.2, 0.25) is 0 Å². The number of hydrogen-bond acceptors (Lipinski definition) is 5.